The van der Waals surface area contributed by atoms with Crippen LogP contribution in [0.25, 0.3) is 11.1 Å². The number of carbonyl (C=O) groups is 2. The maximum absolute atomic E-state index is 11.4. The van der Waals surface area contributed by atoms with E-state index in [9.17, 15) is 9.59 Å². The molecule has 6 aromatic rings. The Morgan fingerprint density at radius 2 is 0.984 bits per heavy atom. The number of rotatable bonds is 16. The van der Waals surface area contributed by atoms with Crippen molar-refractivity contribution in [3.8, 4) is 22.6 Å². The molecule has 0 bridgehead atoms. The summed E-state index contributed by atoms with van der Waals surface area (Å²) in [5.41, 5.74) is 11.2. The third kappa shape index (κ3) is 9.26. The molecule has 8 nitrogen and oxygen atoms in total. The van der Waals surface area contributed by atoms with Crippen LogP contribution >= 0.6 is 25.3 Å². The molecule has 61 heavy (non-hydrogen) atoms. The maximum Gasteiger partial charge on any atom is 0.243 e. The zero-order valence-electron chi connectivity index (χ0n) is 34.0. The summed E-state index contributed by atoms with van der Waals surface area (Å²) in [7, 11) is 0. The minimum Gasteiger partial charge on any atom is -0.492 e. The van der Waals surface area contributed by atoms with Gasteiger partial charge < -0.3 is 20.1 Å². The van der Waals surface area contributed by atoms with E-state index >= 15 is 0 Å². The first-order valence-corrected chi connectivity index (χ1v) is 20.8. The molecule has 2 N–H and O–H groups in total. The zero-order chi connectivity index (χ0) is 42.9. The Hall–Kier alpha value is -6.62. The Balaban J connectivity index is 1.18. The molecule has 0 spiro atoms. The van der Waals surface area contributed by atoms with Gasteiger partial charge >= 0.3 is 0 Å². The number of nitrogens with zero attached hydrogens (tertiary/aromatic N) is 2. The lowest BCUT2D eigenvalue weighted by atomic mass is 9.67. The highest BCUT2D eigenvalue weighted by atomic mass is 32.1. The molecule has 0 saturated heterocycles. The second-order valence-electron chi connectivity index (χ2n) is 14.4. The van der Waals surface area contributed by atoms with Crippen LogP contribution < -0.4 is 20.1 Å². The van der Waals surface area contributed by atoms with Crippen LogP contribution in [-0.2, 0) is 15.0 Å². The van der Waals surface area contributed by atoms with E-state index in [4.69, 9.17) is 44.7 Å². The number of fused-ring (bicyclic) bond motifs is 3. The van der Waals surface area contributed by atoms with E-state index in [1.807, 2.05) is 74.5 Å². The van der Waals surface area contributed by atoms with E-state index in [2.05, 4.69) is 96.6 Å². The lowest BCUT2D eigenvalue weighted by molar-refractivity contribution is -0.117. The van der Waals surface area contributed by atoms with Crippen molar-refractivity contribution in [2.45, 2.75) is 29.1 Å². The summed E-state index contributed by atoms with van der Waals surface area (Å²) in [6, 6.07) is 45.3. The highest BCUT2D eigenvalue weighted by Crippen LogP contribution is 2.57. The molecule has 0 fully saturated rings. The predicted molar refractivity (Wildman–Crippen MR) is 252 cm³/mol. The van der Waals surface area contributed by atoms with E-state index in [1.165, 1.54) is 34.4 Å². The first-order chi connectivity index (χ1) is 29.6. The van der Waals surface area contributed by atoms with E-state index < -0.39 is 5.41 Å². The first kappa shape index (κ1) is 42.5. The fraction of sp³-hybridized carbons (Fsp3) is 0.137. The Kier molecular flexibility index (Phi) is 13.4. The number of ether oxygens (including phenoxy) is 2. The molecule has 0 atom stereocenters. The van der Waals surface area contributed by atoms with Crippen molar-refractivity contribution >= 4 is 59.9 Å². The summed E-state index contributed by atoms with van der Waals surface area (Å²) in [6.45, 7) is 12.3. The van der Waals surface area contributed by atoms with Gasteiger partial charge in [-0.15, -0.1) is 25.3 Å². The third-order valence-electron chi connectivity index (χ3n) is 10.6. The standard InChI is InChI=1S/C51H46N4O4S2/c1-5-49(56)52-27-29-58-39-21-15-35(16-22-39)33(3)54-45-25-19-37(31-47(45)60)51(43-13-9-7-11-41(43)42-12-8-10-14-44(42)51)38-20-26-46(48(61)32-38)55-34(4)36-17-23-40(24-18-36)59-30-28-53-50(57)6-2/h5-26,31-32,60-61H,1-2,27-30H2,3-4H3,(H,52,56)(H,53,57)/b54-33+,55-34+. The van der Waals surface area contributed by atoms with Gasteiger partial charge in [0.1, 0.15) is 24.7 Å². The van der Waals surface area contributed by atoms with Crippen molar-refractivity contribution in [1.29, 1.82) is 0 Å². The van der Waals surface area contributed by atoms with Crippen LogP contribution in [0.15, 0.2) is 179 Å². The summed E-state index contributed by atoms with van der Waals surface area (Å²) >= 11 is 10.1. The quantitative estimate of drug-likeness (QED) is 0.0337. The molecule has 6 aromatic carbocycles. The van der Waals surface area contributed by atoms with Gasteiger partial charge in [0.05, 0.1) is 29.9 Å². The third-order valence-corrected chi connectivity index (χ3v) is 11.3. The molecule has 2 amide bonds. The van der Waals surface area contributed by atoms with Crippen LogP contribution in [-0.4, -0.2) is 49.5 Å². The van der Waals surface area contributed by atoms with Gasteiger partial charge in [0.25, 0.3) is 0 Å². The van der Waals surface area contributed by atoms with Gasteiger partial charge in [-0.1, -0.05) is 73.8 Å². The zero-order valence-corrected chi connectivity index (χ0v) is 35.8. The van der Waals surface area contributed by atoms with Crippen molar-refractivity contribution in [2.24, 2.45) is 9.98 Å². The molecular weight excluding hydrogens is 797 g/mol. The van der Waals surface area contributed by atoms with Crippen molar-refractivity contribution in [1.82, 2.24) is 10.6 Å². The Morgan fingerprint density at radius 3 is 1.36 bits per heavy atom. The summed E-state index contributed by atoms with van der Waals surface area (Å²) in [5.74, 6) is 0.942. The lowest BCUT2D eigenvalue weighted by Crippen LogP contribution is -2.28. The van der Waals surface area contributed by atoms with Crippen molar-refractivity contribution < 1.29 is 19.1 Å². The monoisotopic (exact) mass is 842 g/mol. The molecule has 306 valence electrons. The number of hydrogen-bond donors (Lipinski definition) is 4. The van der Waals surface area contributed by atoms with Crippen LogP contribution in [0.2, 0.25) is 0 Å². The molecule has 7 rings (SSSR count). The molecular formula is C51H46N4O4S2. The topological polar surface area (TPSA) is 101 Å². The minimum absolute atomic E-state index is 0.230. The van der Waals surface area contributed by atoms with Gasteiger partial charge in [-0.05, 0) is 143 Å². The predicted octanol–water partition coefficient (Wildman–Crippen LogP) is 10.3. The van der Waals surface area contributed by atoms with Crippen molar-refractivity contribution in [2.75, 3.05) is 26.3 Å². The number of nitrogens with one attached hydrogen (secondary N) is 2. The normalized spacial score (nSPS) is 12.8. The second-order valence-corrected chi connectivity index (χ2v) is 15.3. The molecule has 0 aromatic heterocycles. The van der Waals surface area contributed by atoms with Crippen molar-refractivity contribution in [3.63, 3.8) is 0 Å². The van der Waals surface area contributed by atoms with Crippen LogP contribution in [0.1, 0.15) is 47.2 Å². The van der Waals surface area contributed by atoms with Crippen LogP contribution in [0.3, 0.4) is 0 Å². The second kappa shape index (κ2) is 19.2. The molecule has 0 saturated carbocycles. The Morgan fingerprint density at radius 1 is 0.590 bits per heavy atom. The minimum atomic E-state index is -0.675. The van der Waals surface area contributed by atoms with Crippen LogP contribution in [0.4, 0.5) is 11.4 Å². The van der Waals surface area contributed by atoms with Gasteiger partial charge in [0, 0.05) is 21.2 Å². The Labute approximate surface area is 368 Å². The number of aliphatic imine (C=N–C) groups is 2. The van der Waals surface area contributed by atoms with Gasteiger partial charge in [-0.3, -0.25) is 19.6 Å². The van der Waals surface area contributed by atoms with Crippen molar-refractivity contribution in [3.05, 3.63) is 192 Å². The van der Waals surface area contributed by atoms with Gasteiger partial charge in [-0.25, -0.2) is 0 Å². The molecule has 0 radical (unpaired) electrons. The fourth-order valence-corrected chi connectivity index (χ4v) is 8.16. The number of thiol groups is 2. The van der Waals surface area contributed by atoms with E-state index in [-0.39, 0.29) is 11.8 Å². The van der Waals surface area contributed by atoms with Gasteiger partial charge in [0.15, 0.2) is 0 Å². The largest absolute Gasteiger partial charge is 0.492 e. The molecule has 1 aliphatic carbocycles. The summed E-state index contributed by atoms with van der Waals surface area (Å²) in [4.78, 5) is 34.3. The molecule has 1 aliphatic rings. The first-order valence-electron chi connectivity index (χ1n) is 19.9. The Bertz CT molecular complexity index is 2490. The summed E-state index contributed by atoms with van der Waals surface area (Å²) < 4.78 is 11.6. The molecule has 0 aliphatic heterocycles. The molecule has 10 heteroatoms. The summed E-state index contributed by atoms with van der Waals surface area (Å²) in [6.07, 6.45) is 2.47. The van der Waals surface area contributed by atoms with Gasteiger partial charge in [-0.2, -0.15) is 0 Å². The highest BCUT2D eigenvalue weighted by molar-refractivity contribution is 7.80. The fourth-order valence-electron chi connectivity index (χ4n) is 7.63. The van der Waals surface area contributed by atoms with E-state index in [1.54, 1.807) is 0 Å². The van der Waals surface area contributed by atoms with Gasteiger partial charge in [0.2, 0.25) is 11.8 Å². The number of benzene rings is 6. The van der Waals surface area contributed by atoms with Crippen LogP contribution in [0.5, 0.6) is 11.5 Å². The van der Waals surface area contributed by atoms with Crippen LogP contribution in [0, 0.1) is 0 Å². The van der Waals surface area contributed by atoms with E-state index in [0.717, 1.165) is 54.8 Å². The number of hydrogen-bond acceptors (Lipinski definition) is 8. The average Bonchev–Trinajstić information content (AvgIpc) is 3.59. The number of carbonyl (C=O) groups excluding carboxylic acids is 2. The molecule has 0 unspecified atom stereocenters. The lowest BCUT2D eigenvalue weighted by Gasteiger charge is -2.34. The highest BCUT2D eigenvalue weighted by Gasteiger charge is 2.46. The SMILES string of the molecule is C=CC(=O)NCCOc1ccc(/C(C)=N/c2ccc(C3(c4ccc(/N=C(\C)c5ccc(OCCNC(=O)C=C)cc5)c(S)c4)c4ccccc4-c4ccccc43)cc2S)cc1. The average molecular weight is 843 g/mol. The van der Waals surface area contributed by atoms with E-state index in [0.29, 0.717) is 37.8 Å². The molecule has 0 heterocycles. The summed E-state index contributed by atoms with van der Waals surface area (Å²) in [5, 5.41) is 5.41. The smallest absolute Gasteiger partial charge is 0.243 e. The number of amides is 2. The maximum atomic E-state index is 11.4.